The smallest absolute Gasteiger partial charge is 0.336 e. The quantitative estimate of drug-likeness (QED) is 0.751. The summed E-state index contributed by atoms with van der Waals surface area (Å²) in [5, 5.41) is 0.779. The molecule has 0 spiro atoms. The highest BCUT2D eigenvalue weighted by atomic mass is 35.5. The first-order valence-corrected chi connectivity index (χ1v) is 6.21. The van der Waals surface area contributed by atoms with Crippen molar-refractivity contribution in [3.8, 4) is 0 Å². The molecule has 0 aliphatic heterocycles. The second kappa shape index (κ2) is 3.35. The minimum absolute atomic E-state index is 0.126. The van der Waals surface area contributed by atoms with Crippen LogP contribution in [0.3, 0.4) is 0 Å². The normalized spacial score (nSPS) is 12.3. The van der Waals surface area contributed by atoms with Crippen LogP contribution in [-0.2, 0) is 11.6 Å². The van der Waals surface area contributed by atoms with Crippen LogP contribution in [0, 0.1) is 0 Å². The van der Waals surface area contributed by atoms with E-state index < -0.39 is 7.60 Å². The van der Waals surface area contributed by atoms with E-state index >= 15 is 0 Å². The molecule has 0 atom stereocenters. The molecule has 2 aromatic rings. The highest BCUT2D eigenvalue weighted by Crippen LogP contribution is 2.40. The summed E-state index contributed by atoms with van der Waals surface area (Å²) >= 11 is 5.93. The van der Waals surface area contributed by atoms with E-state index in [4.69, 9.17) is 21.4 Å². The Kier molecular flexibility index (Phi) is 2.40. The summed E-state index contributed by atoms with van der Waals surface area (Å²) < 4.78 is 12.7. The molecule has 0 saturated carbocycles. The number of aryl methyl sites for hydroxylation is 1. The molecule has 0 bridgehead atoms. The van der Waals surface area contributed by atoms with Crippen molar-refractivity contribution in [3.63, 3.8) is 0 Å². The summed E-state index contributed by atoms with van der Waals surface area (Å²) in [6.45, 7) is 0. The Bertz CT molecular complexity index is 533. The van der Waals surface area contributed by atoms with Gasteiger partial charge in [0.25, 0.3) is 0 Å². The first-order chi connectivity index (χ1) is 6.93. The highest BCUT2D eigenvalue weighted by Gasteiger charge is 2.27. The minimum Gasteiger partial charge on any atom is -0.336 e. The van der Waals surface area contributed by atoms with Gasteiger partial charge in [-0.2, -0.15) is 0 Å². The number of aromatic nitrogens is 1. The number of halogens is 1. The molecule has 0 amide bonds. The molecule has 2 rings (SSSR count). The van der Waals surface area contributed by atoms with Crippen LogP contribution in [0.5, 0.6) is 0 Å². The van der Waals surface area contributed by atoms with Gasteiger partial charge >= 0.3 is 7.60 Å². The standard InChI is InChI=1S/C9H9ClNO3P/c1-11-7-5-3-2-4-6(7)8(10)9(11)15(12,13)14/h2-5H,1H3,(H2,12,13,14). The van der Waals surface area contributed by atoms with Crippen LogP contribution in [0.15, 0.2) is 24.3 Å². The molecule has 2 N–H and O–H groups in total. The van der Waals surface area contributed by atoms with E-state index in [0.29, 0.717) is 10.9 Å². The van der Waals surface area contributed by atoms with Crippen molar-refractivity contribution in [2.45, 2.75) is 0 Å². The molecule has 0 aliphatic rings. The Balaban J connectivity index is 2.94. The fraction of sp³-hybridized carbons (Fsp3) is 0.111. The van der Waals surface area contributed by atoms with E-state index in [1.807, 2.05) is 0 Å². The van der Waals surface area contributed by atoms with Gasteiger partial charge in [0.05, 0.1) is 5.02 Å². The number of para-hydroxylation sites is 1. The number of benzene rings is 1. The van der Waals surface area contributed by atoms with Crippen molar-refractivity contribution < 1.29 is 14.4 Å². The lowest BCUT2D eigenvalue weighted by molar-refractivity contribution is 0.385. The largest absolute Gasteiger partial charge is 0.374 e. The van der Waals surface area contributed by atoms with Crippen LogP contribution in [-0.4, -0.2) is 14.4 Å². The molecule has 80 valence electrons. The van der Waals surface area contributed by atoms with Crippen LogP contribution in [0.4, 0.5) is 0 Å². The van der Waals surface area contributed by atoms with Crippen molar-refractivity contribution in [1.29, 1.82) is 0 Å². The predicted octanol–water partition coefficient (Wildman–Crippen LogP) is 1.63. The third kappa shape index (κ3) is 1.60. The fourth-order valence-electron chi connectivity index (χ4n) is 1.66. The Morgan fingerprint density at radius 2 is 1.93 bits per heavy atom. The van der Waals surface area contributed by atoms with Gasteiger partial charge < -0.3 is 14.4 Å². The maximum Gasteiger partial charge on any atom is 0.374 e. The first kappa shape index (κ1) is 10.7. The summed E-state index contributed by atoms with van der Waals surface area (Å²) in [6.07, 6.45) is 0. The number of fused-ring (bicyclic) bond motifs is 1. The van der Waals surface area contributed by atoms with E-state index in [1.165, 1.54) is 4.57 Å². The van der Waals surface area contributed by atoms with Gasteiger partial charge in [0.1, 0.15) is 0 Å². The number of hydrogen-bond donors (Lipinski definition) is 2. The van der Waals surface area contributed by atoms with E-state index in [9.17, 15) is 4.57 Å². The second-order valence-electron chi connectivity index (χ2n) is 3.26. The maximum absolute atomic E-state index is 11.2. The van der Waals surface area contributed by atoms with Crippen molar-refractivity contribution in [2.24, 2.45) is 7.05 Å². The van der Waals surface area contributed by atoms with Crippen molar-refractivity contribution in [1.82, 2.24) is 4.57 Å². The van der Waals surface area contributed by atoms with E-state index in [2.05, 4.69) is 0 Å². The lowest BCUT2D eigenvalue weighted by Crippen LogP contribution is -2.14. The molecular weight excluding hydrogens is 237 g/mol. The zero-order chi connectivity index (χ0) is 11.2. The molecule has 6 heteroatoms. The Labute approximate surface area is 91.3 Å². The monoisotopic (exact) mass is 245 g/mol. The lowest BCUT2D eigenvalue weighted by Gasteiger charge is -2.05. The number of rotatable bonds is 1. The van der Waals surface area contributed by atoms with E-state index in [1.54, 1.807) is 31.3 Å². The minimum atomic E-state index is -4.33. The molecular formula is C9H9ClNO3P. The van der Waals surface area contributed by atoms with Gasteiger partial charge in [0.2, 0.25) is 0 Å². The second-order valence-corrected chi connectivity index (χ2v) is 5.15. The van der Waals surface area contributed by atoms with Crippen LogP contribution in [0.25, 0.3) is 10.9 Å². The molecule has 0 aliphatic carbocycles. The highest BCUT2D eigenvalue weighted by molar-refractivity contribution is 7.60. The maximum atomic E-state index is 11.2. The van der Waals surface area contributed by atoms with Gasteiger partial charge in [0, 0.05) is 18.0 Å². The van der Waals surface area contributed by atoms with Crippen molar-refractivity contribution >= 4 is 35.5 Å². The van der Waals surface area contributed by atoms with Gasteiger partial charge in [-0.3, -0.25) is 4.57 Å². The molecule has 15 heavy (non-hydrogen) atoms. The van der Waals surface area contributed by atoms with Crippen molar-refractivity contribution in [2.75, 3.05) is 0 Å². The predicted molar refractivity (Wildman–Crippen MR) is 59.6 cm³/mol. The lowest BCUT2D eigenvalue weighted by atomic mass is 10.2. The molecule has 0 fully saturated rings. The average molecular weight is 246 g/mol. The van der Waals surface area contributed by atoms with E-state index in [-0.39, 0.29) is 10.5 Å². The van der Waals surface area contributed by atoms with Crippen LogP contribution in [0.1, 0.15) is 0 Å². The Morgan fingerprint density at radius 3 is 2.47 bits per heavy atom. The summed E-state index contributed by atoms with van der Waals surface area (Å²) in [4.78, 5) is 18.3. The molecule has 0 saturated heterocycles. The third-order valence-corrected chi connectivity index (χ3v) is 3.88. The van der Waals surface area contributed by atoms with Crippen LogP contribution >= 0.6 is 19.2 Å². The van der Waals surface area contributed by atoms with Gasteiger partial charge in [-0.25, -0.2) is 0 Å². The summed E-state index contributed by atoms with van der Waals surface area (Å²) in [6, 6.07) is 7.07. The average Bonchev–Trinajstić information content (AvgIpc) is 2.39. The summed E-state index contributed by atoms with van der Waals surface area (Å²) in [5.74, 6) is 0. The first-order valence-electron chi connectivity index (χ1n) is 4.22. The third-order valence-electron chi connectivity index (χ3n) is 2.29. The van der Waals surface area contributed by atoms with E-state index in [0.717, 1.165) is 0 Å². The zero-order valence-corrected chi connectivity index (χ0v) is 9.53. The fourth-order valence-corrected chi connectivity index (χ4v) is 3.15. The topological polar surface area (TPSA) is 62.5 Å². The van der Waals surface area contributed by atoms with Crippen LogP contribution in [0.2, 0.25) is 5.02 Å². The Hall–Kier alpha value is -0.800. The number of nitrogens with zero attached hydrogens (tertiary/aromatic N) is 1. The van der Waals surface area contributed by atoms with Crippen LogP contribution < -0.4 is 5.44 Å². The zero-order valence-electron chi connectivity index (χ0n) is 7.88. The van der Waals surface area contributed by atoms with Gasteiger partial charge in [0.15, 0.2) is 5.44 Å². The van der Waals surface area contributed by atoms with Gasteiger partial charge in [-0.15, -0.1) is 0 Å². The van der Waals surface area contributed by atoms with Crippen molar-refractivity contribution in [3.05, 3.63) is 29.3 Å². The molecule has 0 unspecified atom stereocenters. The summed E-state index contributed by atoms with van der Waals surface area (Å²) in [5.41, 5.74) is 0.575. The molecule has 4 nitrogen and oxygen atoms in total. The molecule has 1 heterocycles. The van der Waals surface area contributed by atoms with Gasteiger partial charge in [-0.1, -0.05) is 29.8 Å². The SMILES string of the molecule is Cn1c(P(=O)(O)O)c(Cl)c2ccccc21. The molecule has 1 aromatic heterocycles. The summed E-state index contributed by atoms with van der Waals surface area (Å²) in [7, 11) is -2.75. The Morgan fingerprint density at radius 1 is 1.33 bits per heavy atom. The molecule has 1 aromatic carbocycles. The molecule has 0 radical (unpaired) electrons. The van der Waals surface area contributed by atoms with Gasteiger partial charge in [-0.05, 0) is 6.07 Å². The number of hydrogen-bond acceptors (Lipinski definition) is 1.